The second-order valence-corrected chi connectivity index (χ2v) is 16.0. The van der Waals surface area contributed by atoms with E-state index in [9.17, 15) is 0 Å². The molecule has 0 fully saturated rings. The third kappa shape index (κ3) is 5.44. The van der Waals surface area contributed by atoms with E-state index in [1.807, 2.05) is 39.0 Å². The van der Waals surface area contributed by atoms with Crippen molar-refractivity contribution in [1.29, 1.82) is 0 Å². The van der Waals surface area contributed by atoms with Gasteiger partial charge in [-0.25, -0.2) is 0 Å². The fraction of sp³-hybridized carbons (Fsp3) is 0.436. The lowest BCUT2D eigenvalue weighted by Gasteiger charge is -2.44. The van der Waals surface area contributed by atoms with Gasteiger partial charge in [0.25, 0.3) is 0 Å². The highest BCUT2D eigenvalue weighted by Crippen LogP contribution is 2.53. The Morgan fingerprint density at radius 3 is 0.816 bits per heavy atom. The molecule has 0 radical (unpaired) electrons. The molecule has 3 aromatic carbocycles. The van der Waals surface area contributed by atoms with Crippen LogP contribution < -0.4 is 58.2 Å². The van der Waals surface area contributed by atoms with Crippen molar-refractivity contribution < 1.29 is 42.6 Å². The number of hydrogen-bond acceptors (Lipinski definition) is 9. The van der Waals surface area contributed by atoms with Crippen LogP contribution in [-0.4, -0.2) is 72.1 Å². The molecule has 4 rings (SSSR count). The number of benzene rings is 3. The maximum Gasteiger partial charge on any atom is 0.187 e. The van der Waals surface area contributed by atoms with Crippen molar-refractivity contribution in [2.75, 3.05) is 64.0 Å². The summed E-state index contributed by atoms with van der Waals surface area (Å²) in [7, 11) is 11.2. The summed E-state index contributed by atoms with van der Waals surface area (Å²) < 4.78 is 56.3. The van der Waals surface area contributed by atoms with Crippen molar-refractivity contribution in [3.8, 4) is 51.7 Å². The Kier molecular flexibility index (Phi) is 11.1. The van der Waals surface area contributed by atoms with Gasteiger partial charge >= 0.3 is 0 Å². The molecule has 10 heteroatoms. The summed E-state index contributed by atoms with van der Waals surface area (Å²) in [6, 6.07) is 5.81. The molecular weight excluding hydrogens is 641 g/mol. The first-order valence-corrected chi connectivity index (χ1v) is 18.2. The van der Waals surface area contributed by atoms with Gasteiger partial charge < -0.3 is 42.6 Å². The van der Waals surface area contributed by atoms with E-state index in [0.717, 1.165) is 32.3 Å². The van der Waals surface area contributed by atoms with Gasteiger partial charge in [0, 0.05) is 56.0 Å². The molecule has 0 amide bonds. The van der Waals surface area contributed by atoms with Crippen LogP contribution in [-0.2, 0) is 0 Å². The molecule has 49 heavy (non-hydrogen) atoms. The Hall–Kier alpha value is -4.44. The average molecular weight is 693 g/mol. The highest BCUT2D eigenvalue weighted by molar-refractivity contribution is 7.15. The summed E-state index contributed by atoms with van der Waals surface area (Å²) in [5, 5.41) is 2.55. The van der Waals surface area contributed by atoms with Gasteiger partial charge in [-0.3, -0.25) is 0 Å². The molecule has 0 saturated carbocycles. The molecule has 266 valence electrons. The Morgan fingerprint density at radius 1 is 0.367 bits per heavy atom. The fourth-order valence-electron chi connectivity index (χ4n) is 7.94. The molecule has 0 saturated heterocycles. The Morgan fingerprint density at radius 2 is 0.612 bits per heavy atom. The summed E-state index contributed by atoms with van der Waals surface area (Å²) in [6.07, 6.45) is 0. The van der Waals surface area contributed by atoms with Crippen molar-refractivity contribution in [2.45, 2.75) is 54.0 Å². The molecule has 1 aliphatic carbocycles. The van der Waals surface area contributed by atoms with Crippen LogP contribution >= 0.6 is 0 Å². The van der Waals surface area contributed by atoms with E-state index >= 15 is 0 Å². The Balaban J connectivity index is 2.64. The molecular formula is C39H52O9Si. The average Bonchev–Trinajstić information content (AvgIpc) is 3.30. The van der Waals surface area contributed by atoms with Crippen LogP contribution in [0.5, 0.6) is 51.7 Å². The molecule has 0 bridgehead atoms. The van der Waals surface area contributed by atoms with Crippen LogP contribution in [0.15, 0.2) is 40.5 Å². The smallest absolute Gasteiger partial charge is 0.187 e. The van der Waals surface area contributed by atoms with E-state index in [0.29, 0.717) is 51.7 Å². The summed E-state index contributed by atoms with van der Waals surface area (Å²) in [6.45, 7) is 14.8. The first-order valence-electron chi connectivity index (χ1n) is 16.1. The number of rotatable bonds is 13. The van der Waals surface area contributed by atoms with Crippen molar-refractivity contribution in [3.05, 3.63) is 57.2 Å². The second-order valence-electron chi connectivity index (χ2n) is 12.3. The van der Waals surface area contributed by atoms with Gasteiger partial charge in [-0.05, 0) is 59.6 Å². The van der Waals surface area contributed by atoms with Crippen molar-refractivity contribution in [1.82, 2.24) is 0 Å². The second kappa shape index (κ2) is 14.6. The molecule has 0 atom stereocenters. The molecule has 1 aliphatic rings. The number of methoxy groups -OCH3 is 9. The van der Waals surface area contributed by atoms with E-state index in [1.54, 1.807) is 64.0 Å². The molecule has 9 nitrogen and oxygen atoms in total. The first-order chi connectivity index (χ1) is 23.4. The molecule has 0 aromatic heterocycles. The predicted molar refractivity (Wildman–Crippen MR) is 198 cm³/mol. The third-order valence-electron chi connectivity index (χ3n) is 10.5. The van der Waals surface area contributed by atoms with Crippen molar-refractivity contribution in [3.63, 3.8) is 0 Å². The van der Waals surface area contributed by atoms with E-state index in [-0.39, 0.29) is 5.54 Å². The van der Waals surface area contributed by atoms with E-state index in [1.165, 1.54) is 22.3 Å². The van der Waals surface area contributed by atoms with Crippen LogP contribution in [0, 0.1) is 20.8 Å². The SMILES string of the molecule is COc1cc(OC)c([Si](c2c(OC)cc(OC)c(C)c2OC)(c2c(OC)cc(OC)c(C)c2OC)C2C(C)=C(C)C(C)=C2C)c(OC)c1C. The standard InChI is InChI=1S/C39H52O9Si/c1-20-21(2)23(4)36(22(20)3)49(37-30(43-11)17-27(40-8)24(5)33(37)46-14,38-31(44-12)18-28(41-9)25(6)34(38)47-15)39-32(45-13)19-29(42-10)26(7)35(39)48-16/h17-19,36H,1-16H3. The zero-order valence-corrected chi connectivity index (χ0v) is 33.0. The van der Waals surface area contributed by atoms with E-state index in [2.05, 4.69) is 27.7 Å². The number of allylic oxidation sites excluding steroid dienone is 4. The van der Waals surface area contributed by atoms with Gasteiger partial charge in [0.05, 0.1) is 64.0 Å². The fourth-order valence-corrected chi connectivity index (χ4v) is 14.9. The normalized spacial score (nSPS) is 13.5. The van der Waals surface area contributed by atoms with E-state index < -0.39 is 8.07 Å². The lowest BCUT2D eigenvalue weighted by Crippen LogP contribution is -2.71. The quantitative estimate of drug-likeness (QED) is 0.153. The van der Waals surface area contributed by atoms with Gasteiger partial charge in [0.2, 0.25) is 0 Å². The van der Waals surface area contributed by atoms with Crippen LogP contribution in [0.2, 0.25) is 5.54 Å². The zero-order valence-electron chi connectivity index (χ0n) is 32.0. The Bertz CT molecular complexity index is 1630. The molecule has 3 aromatic rings. The van der Waals surface area contributed by atoms with Crippen LogP contribution in [0.4, 0.5) is 0 Å². The molecule has 0 spiro atoms. The number of hydrogen-bond donors (Lipinski definition) is 0. The molecule has 0 aliphatic heterocycles. The van der Waals surface area contributed by atoms with Crippen LogP contribution in [0.1, 0.15) is 44.4 Å². The highest BCUT2D eigenvalue weighted by atomic mass is 28.3. The minimum Gasteiger partial charge on any atom is -0.497 e. The molecule has 0 heterocycles. The summed E-state index contributed by atoms with van der Waals surface area (Å²) >= 11 is 0. The lowest BCUT2D eigenvalue weighted by atomic mass is 10.1. The maximum absolute atomic E-state index is 6.47. The molecule has 0 N–H and O–H groups in total. The summed E-state index contributed by atoms with van der Waals surface area (Å²) in [4.78, 5) is 0. The minimum atomic E-state index is -3.83. The predicted octanol–water partition coefficient (Wildman–Crippen LogP) is 6.22. The Labute approximate surface area is 292 Å². The monoisotopic (exact) mass is 692 g/mol. The maximum atomic E-state index is 6.47. The summed E-state index contributed by atoms with van der Waals surface area (Å²) in [5.74, 6) is 5.54. The molecule has 0 unspecified atom stereocenters. The number of ether oxygens (including phenoxy) is 9. The third-order valence-corrected chi connectivity index (χ3v) is 16.0. The van der Waals surface area contributed by atoms with Gasteiger partial charge in [0.1, 0.15) is 51.7 Å². The van der Waals surface area contributed by atoms with Crippen molar-refractivity contribution >= 4 is 23.6 Å². The lowest BCUT2D eigenvalue weighted by molar-refractivity contribution is 0.372. The van der Waals surface area contributed by atoms with Gasteiger partial charge in [-0.15, -0.1) is 0 Å². The highest BCUT2D eigenvalue weighted by Gasteiger charge is 2.60. The zero-order chi connectivity index (χ0) is 36.5. The van der Waals surface area contributed by atoms with E-state index in [4.69, 9.17) is 42.6 Å². The first kappa shape index (κ1) is 37.4. The van der Waals surface area contributed by atoms with Crippen molar-refractivity contribution in [2.24, 2.45) is 0 Å². The largest absolute Gasteiger partial charge is 0.497 e. The van der Waals surface area contributed by atoms with Gasteiger partial charge in [-0.2, -0.15) is 0 Å². The van der Waals surface area contributed by atoms with Crippen LogP contribution in [0.3, 0.4) is 0 Å². The van der Waals surface area contributed by atoms with Gasteiger partial charge in [-0.1, -0.05) is 11.1 Å². The topological polar surface area (TPSA) is 83.1 Å². The summed E-state index contributed by atoms with van der Waals surface area (Å²) in [5.41, 5.74) is 7.08. The minimum absolute atomic E-state index is 0.214. The van der Waals surface area contributed by atoms with Crippen LogP contribution in [0.25, 0.3) is 0 Å². The van der Waals surface area contributed by atoms with Gasteiger partial charge in [0.15, 0.2) is 8.07 Å².